The predicted octanol–water partition coefficient (Wildman–Crippen LogP) is 1.96. The molecule has 134 valence electrons. The SMILES string of the molecule is COC(=O)c1oc(COC(=O)c2ccc3c(c2)C(=O)N(C)C3=O)cc1C. The van der Waals surface area contributed by atoms with Gasteiger partial charge in [0.2, 0.25) is 5.76 Å². The Hall–Kier alpha value is -3.42. The second-order valence-corrected chi connectivity index (χ2v) is 5.72. The second-order valence-electron chi connectivity index (χ2n) is 5.72. The highest BCUT2D eigenvalue weighted by Gasteiger charge is 2.33. The second kappa shape index (κ2) is 6.47. The van der Waals surface area contributed by atoms with Crippen LogP contribution in [0.15, 0.2) is 28.7 Å². The third-order valence-corrected chi connectivity index (χ3v) is 4.01. The molecular weight excluding hydrogens is 342 g/mol. The summed E-state index contributed by atoms with van der Waals surface area (Å²) in [7, 11) is 2.61. The van der Waals surface area contributed by atoms with Gasteiger partial charge in [-0.2, -0.15) is 0 Å². The fraction of sp³-hybridized carbons (Fsp3) is 0.222. The molecule has 2 aromatic rings. The number of imide groups is 1. The summed E-state index contributed by atoms with van der Waals surface area (Å²) < 4.78 is 15.1. The van der Waals surface area contributed by atoms with Crippen molar-refractivity contribution < 1.29 is 33.1 Å². The van der Waals surface area contributed by atoms with Crippen LogP contribution in [-0.2, 0) is 16.1 Å². The summed E-state index contributed by atoms with van der Waals surface area (Å²) in [6.07, 6.45) is 0. The Kier molecular flexibility index (Phi) is 4.33. The Morgan fingerprint density at radius 2 is 1.77 bits per heavy atom. The molecule has 1 aromatic carbocycles. The molecule has 0 saturated carbocycles. The lowest BCUT2D eigenvalue weighted by Gasteiger charge is -2.04. The molecule has 0 radical (unpaired) electrons. The maximum Gasteiger partial charge on any atom is 0.374 e. The van der Waals surface area contributed by atoms with Gasteiger partial charge in [0.25, 0.3) is 11.8 Å². The van der Waals surface area contributed by atoms with E-state index in [1.807, 2.05) is 0 Å². The molecule has 1 aliphatic heterocycles. The van der Waals surface area contributed by atoms with Crippen molar-refractivity contribution in [1.82, 2.24) is 4.90 Å². The first-order chi connectivity index (χ1) is 12.3. The Balaban J connectivity index is 1.73. The van der Waals surface area contributed by atoms with Crippen LogP contribution in [-0.4, -0.2) is 42.8 Å². The average Bonchev–Trinajstić information content (AvgIpc) is 3.12. The molecule has 26 heavy (non-hydrogen) atoms. The number of furan rings is 1. The summed E-state index contributed by atoms with van der Waals surface area (Å²) in [5, 5.41) is 0. The first kappa shape index (κ1) is 17.4. The first-order valence-corrected chi connectivity index (χ1v) is 7.64. The van der Waals surface area contributed by atoms with Crippen LogP contribution in [0.25, 0.3) is 0 Å². The highest BCUT2D eigenvalue weighted by Crippen LogP contribution is 2.23. The maximum absolute atomic E-state index is 12.2. The zero-order valence-corrected chi connectivity index (χ0v) is 14.3. The van der Waals surface area contributed by atoms with Gasteiger partial charge < -0.3 is 13.9 Å². The number of rotatable bonds is 4. The van der Waals surface area contributed by atoms with Gasteiger partial charge in [-0.25, -0.2) is 9.59 Å². The third kappa shape index (κ3) is 2.85. The van der Waals surface area contributed by atoms with Crippen molar-refractivity contribution in [2.24, 2.45) is 0 Å². The van der Waals surface area contributed by atoms with Crippen molar-refractivity contribution in [3.63, 3.8) is 0 Å². The molecule has 0 saturated heterocycles. The molecule has 2 amide bonds. The minimum Gasteiger partial charge on any atom is -0.463 e. The summed E-state index contributed by atoms with van der Waals surface area (Å²) in [4.78, 5) is 48.5. The normalized spacial score (nSPS) is 13.0. The number of aryl methyl sites for hydroxylation is 1. The Morgan fingerprint density at radius 1 is 1.08 bits per heavy atom. The van der Waals surface area contributed by atoms with Crippen molar-refractivity contribution >= 4 is 23.8 Å². The van der Waals surface area contributed by atoms with Crippen LogP contribution >= 0.6 is 0 Å². The molecule has 0 unspecified atom stereocenters. The Morgan fingerprint density at radius 3 is 2.46 bits per heavy atom. The molecule has 1 aromatic heterocycles. The lowest BCUT2D eigenvalue weighted by Crippen LogP contribution is -2.24. The molecule has 0 fully saturated rings. The van der Waals surface area contributed by atoms with Crippen LogP contribution in [0.5, 0.6) is 0 Å². The van der Waals surface area contributed by atoms with Crippen molar-refractivity contribution in [1.29, 1.82) is 0 Å². The van der Waals surface area contributed by atoms with Crippen molar-refractivity contribution in [2.45, 2.75) is 13.5 Å². The number of hydrogen-bond acceptors (Lipinski definition) is 7. The molecular formula is C18H15NO7. The van der Waals surface area contributed by atoms with Crippen LogP contribution in [0.2, 0.25) is 0 Å². The summed E-state index contributed by atoms with van der Waals surface area (Å²) in [6.45, 7) is 1.47. The number of ether oxygens (including phenoxy) is 2. The standard InChI is InChI=1S/C18H15NO7/c1-9-6-11(26-14(9)18(23)24-3)8-25-17(22)10-4-5-12-13(7-10)16(21)19(2)15(12)20/h4-7H,8H2,1-3H3. The van der Waals surface area contributed by atoms with Crippen molar-refractivity contribution in [3.05, 3.63) is 58.0 Å². The zero-order valence-electron chi connectivity index (χ0n) is 14.3. The molecule has 0 atom stereocenters. The summed E-state index contributed by atoms with van der Waals surface area (Å²) in [5.41, 5.74) is 1.11. The van der Waals surface area contributed by atoms with E-state index in [4.69, 9.17) is 9.15 Å². The number of carbonyl (C=O) groups is 4. The van der Waals surface area contributed by atoms with Gasteiger partial charge in [-0.1, -0.05) is 0 Å². The zero-order chi connectivity index (χ0) is 19.0. The maximum atomic E-state index is 12.2. The number of amides is 2. The van der Waals surface area contributed by atoms with Crippen LogP contribution in [0.4, 0.5) is 0 Å². The first-order valence-electron chi connectivity index (χ1n) is 7.64. The van der Waals surface area contributed by atoms with Gasteiger partial charge in [0, 0.05) is 12.6 Å². The van der Waals surface area contributed by atoms with E-state index in [9.17, 15) is 19.2 Å². The predicted molar refractivity (Wildman–Crippen MR) is 86.8 cm³/mol. The van der Waals surface area contributed by atoms with E-state index in [0.717, 1.165) is 4.90 Å². The Labute approximate surface area is 148 Å². The molecule has 2 heterocycles. The van der Waals surface area contributed by atoms with Gasteiger partial charge in [-0.15, -0.1) is 0 Å². The van der Waals surface area contributed by atoms with Crippen LogP contribution < -0.4 is 0 Å². The summed E-state index contributed by atoms with van der Waals surface area (Å²) >= 11 is 0. The van der Waals surface area contributed by atoms with Crippen LogP contribution in [0.3, 0.4) is 0 Å². The van der Waals surface area contributed by atoms with E-state index in [0.29, 0.717) is 5.56 Å². The summed E-state index contributed by atoms with van der Waals surface area (Å²) in [6, 6.07) is 5.73. The van der Waals surface area contributed by atoms with E-state index in [-0.39, 0.29) is 34.8 Å². The lowest BCUT2D eigenvalue weighted by molar-refractivity contribution is 0.0438. The monoisotopic (exact) mass is 357 g/mol. The average molecular weight is 357 g/mol. The minimum absolute atomic E-state index is 0.0447. The number of esters is 2. The third-order valence-electron chi connectivity index (χ3n) is 4.01. The lowest BCUT2D eigenvalue weighted by atomic mass is 10.1. The van der Waals surface area contributed by atoms with Crippen molar-refractivity contribution in [3.8, 4) is 0 Å². The molecule has 0 aliphatic carbocycles. The topological polar surface area (TPSA) is 103 Å². The van der Waals surface area contributed by atoms with Gasteiger partial charge in [0.15, 0.2) is 0 Å². The molecule has 8 nitrogen and oxygen atoms in total. The number of nitrogens with zero attached hydrogens (tertiary/aromatic N) is 1. The summed E-state index contributed by atoms with van der Waals surface area (Å²) in [5.74, 6) is -1.86. The molecule has 1 aliphatic rings. The largest absolute Gasteiger partial charge is 0.463 e. The van der Waals surface area contributed by atoms with E-state index >= 15 is 0 Å². The van der Waals surface area contributed by atoms with E-state index < -0.39 is 23.8 Å². The molecule has 0 spiro atoms. The fourth-order valence-corrected chi connectivity index (χ4v) is 2.62. The van der Waals surface area contributed by atoms with Gasteiger partial charge in [0.05, 0.1) is 23.8 Å². The number of hydrogen-bond donors (Lipinski definition) is 0. The Bertz CT molecular complexity index is 941. The highest BCUT2D eigenvalue weighted by atomic mass is 16.6. The fourth-order valence-electron chi connectivity index (χ4n) is 2.62. The molecule has 0 N–H and O–H groups in total. The van der Waals surface area contributed by atoms with E-state index in [1.165, 1.54) is 32.4 Å². The van der Waals surface area contributed by atoms with Crippen LogP contribution in [0.1, 0.15) is 53.0 Å². The number of carbonyl (C=O) groups excluding carboxylic acids is 4. The smallest absolute Gasteiger partial charge is 0.374 e. The van der Waals surface area contributed by atoms with Gasteiger partial charge in [-0.05, 0) is 31.2 Å². The highest BCUT2D eigenvalue weighted by molar-refractivity contribution is 6.21. The van der Waals surface area contributed by atoms with Gasteiger partial charge in [0.1, 0.15) is 12.4 Å². The van der Waals surface area contributed by atoms with Gasteiger partial charge in [-0.3, -0.25) is 14.5 Å². The van der Waals surface area contributed by atoms with Crippen LogP contribution in [0, 0.1) is 6.92 Å². The number of benzene rings is 1. The number of fused-ring (bicyclic) bond motifs is 1. The quantitative estimate of drug-likeness (QED) is 0.608. The van der Waals surface area contributed by atoms with Gasteiger partial charge >= 0.3 is 11.9 Å². The molecule has 0 bridgehead atoms. The van der Waals surface area contributed by atoms with E-state index in [1.54, 1.807) is 13.0 Å². The number of methoxy groups -OCH3 is 1. The molecule has 3 rings (SSSR count). The minimum atomic E-state index is -0.684. The van der Waals surface area contributed by atoms with E-state index in [2.05, 4.69) is 4.74 Å². The van der Waals surface area contributed by atoms with Crippen molar-refractivity contribution in [2.75, 3.05) is 14.2 Å². The molecule has 8 heteroatoms.